The molecule has 0 unspecified atom stereocenters. The molecule has 0 saturated carbocycles. The van der Waals surface area contributed by atoms with Gasteiger partial charge < -0.3 is 20.1 Å². The number of carbonyl (C=O) groups is 1. The Balaban J connectivity index is 0.00000280. The van der Waals surface area contributed by atoms with Crippen molar-refractivity contribution in [3.8, 4) is 11.5 Å². The van der Waals surface area contributed by atoms with E-state index in [1.807, 2.05) is 29.2 Å². The fourth-order valence-electron chi connectivity index (χ4n) is 3.48. The minimum Gasteiger partial charge on any atom is -0.493 e. The summed E-state index contributed by atoms with van der Waals surface area (Å²) in [6.45, 7) is 3.93. The summed E-state index contributed by atoms with van der Waals surface area (Å²) in [7, 11) is 1.59. The third-order valence-corrected chi connectivity index (χ3v) is 5.05. The summed E-state index contributed by atoms with van der Waals surface area (Å²) >= 11 is 0. The fourth-order valence-corrected chi connectivity index (χ4v) is 3.48. The van der Waals surface area contributed by atoms with Crippen LogP contribution in [0.15, 0.2) is 48.5 Å². The largest absolute Gasteiger partial charge is 0.493 e. The Bertz CT molecular complexity index is 770. The molecule has 1 aliphatic rings. The molecule has 152 valence electrons. The number of nitrogens with zero attached hydrogens (tertiary/aromatic N) is 1. The third kappa shape index (κ3) is 4.97. The maximum absolute atomic E-state index is 13.0. The van der Waals surface area contributed by atoms with Crippen LogP contribution in [0.25, 0.3) is 0 Å². The molecule has 1 saturated heterocycles. The number of rotatable bonds is 7. The molecule has 5 nitrogen and oxygen atoms in total. The number of ether oxygens (including phenoxy) is 2. The molecule has 0 aromatic heterocycles. The number of hydrogen-bond acceptors (Lipinski definition) is 4. The summed E-state index contributed by atoms with van der Waals surface area (Å²) in [6, 6.07) is 15.5. The minimum atomic E-state index is -0.0603. The van der Waals surface area contributed by atoms with Crippen LogP contribution < -0.4 is 15.2 Å². The highest BCUT2D eigenvalue weighted by Crippen LogP contribution is 2.31. The molecule has 1 heterocycles. The van der Waals surface area contributed by atoms with E-state index in [1.165, 1.54) is 5.56 Å². The minimum absolute atomic E-state index is 0. The first-order valence-corrected chi connectivity index (χ1v) is 9.54. The van der Waals surface area contributed by atoms with E-state index < -0.39 is 0 Å². The van der Waals surface area contributed by atoms with Crippen molar-refractivity contribution in [2.24, 2.45) is 5.73 Å². The lowest BCUT2D eigenvalue weighted by molar-refractivity contribution is 0.0788. The van der Waals surface area contributed by atoms with Gasteiger partial charge in [0.1, 0.15) is 0 Å². The van der Waals surface area contributed by atoms with Gasteiger partial charge in [-0.3, -0.25) is 4.79 Å². The van der Waals surface area contributed by atoms with E-state index in [9.17, 15) is 4.79 Å². The molecule has 2 N–H and O–H groups in total. The fraction of sp³-hybridized carbons (Fsp3) is 0.409. The second kappa shape index (κ2) is 10.3. The van der Waals surface area contributed by atoms with Crippen molar-refractivity contribution in [1.29, 1.82) is 0 Å². The third-order valence-electron chi connectivity index (χ3n) is 5.05. The van der Waals surface area contributed by atoms with Gasteiger partial charge >= 0.3 is 0 Å². The van der Waals surface area contributed by atoms with Gasteiger partial charge in [-0.2, -0.15) is 0 Å². The van der Waals surface area contributed by atoms with Crippen molar-refractivity contribution in [2.45, 2.75) is 31.7 Å². The molecular weight excluding hydrogens is 376 g/mol. The monoisotopic (exact) mass is 404 g/mol. The molecule has 2 aromatic rings. The Morgan fingerprint density at radius 1 is 1.14 bits per heavy atom. The summed E-state index contributed by atoms with van der Waals surface area (Å²) in [4.78, 5) is 14.8. The molecule has 1 aliphatic heterocycles. The SMILES string of the molecule is CCCCOc1ccc(C(=O)N2C[C@@H](N)[C@H](c3ccccc3)C2)cc1OC.Cl. The predicted octanol–water partition coefficient (Wildman–Crippen LogP) is 3.86. The average molecular weight is 405 g/mol. The van der Waals surface area contributed by atoms with Crippen molar-refractivity contribution in [2.75, 3.05) is 26.8 Å². The summed E-state index contributed by atoms with van der Waals surface area (Å²) in [6.07, 6.45) is 2.05. The highest BCUT2D eigenvalue weighted by atomic mass is 35.5. The van der Waals surface area contributed by atoms with E-state index in [2.05, 4.69) is 19.1 Å². The van der Waals surface area contributed by atoms with Gasteiger partial charge in [-0.1, -0.05) is 43.7 Å². The second-order valence-electron chi connectivity index (χ2n) is 6.96. The molecule has 2 aromatic carbocycles. The van der Waals surface area contributed by atoms with Crippen molar-refractivity contribution in [1.82, 2.24) is 4.90 Å². The number of carbonyl (C=O) groups excluding carboxylic acids is 1. The highest BCUT2D eigenvalue weighted by molar-refractivity contribution is 5.95. The van der Waals surface area contributed by atoms with Gasteiger partial charge in [0.25, 0.3) is 5.91 Å². The summed E-state index contributed by atoms with van der Waals surface area (Å²) < 4.78 is 11.2. The van der Waals surface area contributed by atoms with E-state index >= 15 is 0 Å². The zero-order valence-corrected chi connectivity index (χ0v) is 17.3. The molecule has 28 heavy (non-hydrogen) atoms. The van der Waals surface area contributed by atoms with E-state index in [0.29, 0.717) is 36.8 Å². The lowest BCUT2D eigenvalue weighted by Gasteiger charge is -2.18. The lowest BCUT2D eigenvalue weighted by Crippen LogP contribution is -2.32. The van der Waals surface area contributed by atoms with Gasteiger partial charge in [-0.25, -0.2) is 0 Å². The molecule has 0 radical (unpaired) electrons. The van der Waals surface area contributed by atoms with Crippen LogP contribution in [-0.2, 0) is 0 Å². The van der Waals surface area contributed by atoms with Crippen LogP contribution in [0.4, 0.5) is 0 Å². The Labute approximate surface area is 173 Å². The molecule has 2 atom stereocenters. The van der Waals surface area contributed by atoms with Crippen LogP contribution in [0.5, 0.6) is 11.5 Å². The number of halogens is 1. The van der Waals surface area contributed by atoms with Crippen molar-refractivity contribution in [3.05, 3.63) is 59.7 Å². The first-order chi connectivity index (χ1) is 13.1. The van der Waals surface area contributed by atoms with E-state index in [0.717, 1.165) is 12.8 Å². The van der Waals surface area contributed by atoms with Gasteiger partial charge in [-0.15, -0.1) is 12.4 Å². The van der Waals surface area contributed by atoms with Crippen molar-refractivity contribution in [3.63, 3.8) is 0 Å². The van der Waals surface area contributed by atoms with Crippen molar-refractivity contribution < 1.29 is 14.3 Å². The van der Waals surface area contributed by atoms with E-state index in [1.54, 1.807) is 19.2 Å². The molecule has 1 fully saturated rings. The van der Waals surface area contributed by atoms with Gasteiger partial charge in [0.15, 0.2) is 11.5 Å². The Morgan fingerprint density at radius 2 is 1.89 bits per heavy atom. The van der Waals surface area contributed by atoms with Crippen LogP contribution in [-0.4, -0.2) is 43.7 Å². The molecule has 3 rings (SSSR count). The van der Waals surface area contributed by atoms with Gasteiger partial charge in [-0.05, 0) is 30.2 Å². The predicted molar refractivity (Wildman–Crippen MR) is 114 cm³/mol. The van der Waals surface area contributed by atoms with Crippen LogP contribution in [0, 0.1) is 0 Å². The Hall–Kier alpha value is -2.24. The zero-order chi connectivity index (χ0) is 19.2. The van der Waals surface area contributed by atoms with Crippen molar-refractivity contribution >= 4 is 18.3 Å². The molecule has 0 bridgehead atoms. The zero-order valence-electron chi connectivity index (χ0n) is 16.5. The topological polar surface area (TPSA) is 64.8 Å². The standard InChI is InChI=1S/C22H28N2O3.ClH/c1-3-4-12-27-20-11-10-17(13-21(20)26-2)22(25)24-14-18(19(23)15-24)16-8-6-5-7-9-16;/h5-11,13,18-19H,3-4,12,14-15,23H2,1-2H3;1H/t18-,19+;/m0./s1. The van der Waals surface area contributed by atoms with E-state index in [-0.39, 0.29) is 30.3 Å². The number of unbranched alkanes of at least 4 members (excludes halogenated alkanes) is 1. The summed E-state index contributed by atoms with van der Waals surface area (Å²) in [5, 5.41) is 0. The average Bonchev–Trinajstić information content (AvgIpc) is 3.10. The smallest absolute Gasteiger partial charge is 0.254 e. The number of methoxy groups -OCH3 is 1. The van der Waals surface area contributed by atoms with Gasteiger partial charge in [0.2, 0.25) is 0 Å². The first kappa shape index (κ1) is 22.1. The van der Waals surface area contributed by atoms with Crippen LogP contribution in [0.3, 0.4) is 0 Å². The molecule has 0 aliphatic carbocycles. The maximum atomic E-state index is 13.0. The maximum Gasteiger partial charge on any atom is 0.254 e. The van der Waals surface area contributed by atoms with Gasteiger partial charge in [0, 0.05) is 30.6 Å². The number of benzene rings is 2. The second-order valence-corrected chi connectivity index (χ2v) is 6.96. The van der Waals surface area contributed by atoms with Crippen LogP contribution >= 0.6 is 12.4 Å². The number of nitrogens with two attached hydrogens (primary N) is 1. The number of amides is 1. The molecule has 1 amide bonds. The quantitative estimate of drug-likeness (QED) is 0.711. The van der Waals surface area contributed by atoms with Crippen LogP contribution in [0.2, 0.25) is 0 Å². The molecular formula is C22H29ClN2O3. The Morgan fingerprint density at radius 3 is 2.57 bits per heavy atom. The Kier molecular flexibility index (Phi) is 8.15. The highest BCUT2D eigenvalue weighted by Gasteiger charge is 2.34. The first-order valence-electron chi connectivity index (χ1n) is 9.54. The molecule has 0 spiro atoms. The van der Waals surface area contributed by atoms with Crippen LogP contribution in [0.1, 0.15) is 41.6 Å². The van der Waals surface area contributed by atoms with E-state index in [4.69, 9.17) is 15.2 Å². The number of likely N-dealkylation sites (tertiary alicyclic amines) is 1. The van der Waals surface area contributed by atoms with Gasteiger partial charge in [0.05, 0.1) is 13.7 Å². The summed E-state index contributed by atoms with van der Waals surface area (Å²) in [5.74, 6) is 1.39. The summed E-state index contributed by atoms with van der Waals surface area (Å²) in [5.41, 5.74) is 8.10. The normalized spacial score (nSPS) is 18.5. The molecule has 6 heteroatoms. The number of hydrogen-bond donors (Lipinski definition) is 1. The lowest BCUT2D eigenvalue weighted by atomic mass is 9.95.